The number of fused-ring (bicyclic) bond motifs is 7. The van der Waals surface area contributed by atoms with Crippen LogP contribution in [0.4, 0.5) is 34.3 Å². The molecule has 12 heterocycles. The maximum Gasteiger partial charge on any atom is 0.297 e. The lowest BCUT2D eigenvalue weighted by molar-refractivity contribution is -0.384. The molecule has 3 aromatic heterocycles. The van der Waals surface area contributed by atoms with Gasteiger partial charge in [-0.2, -0.15) is 4.98 Å². The van der Waals surface area contributed by atoms with Crippen LogP contribution in [0.1, 0.15) is 145 Å². The molecule has 0 bridgehead atoms. The zero-order valence-electron chi connectivity index (χ0n) is 57.2. The van der Waals surface area contributed by atoms with E-state index in [2.05, 4.69) is 112 Å². The number of ether oxygens (including phenoxy) is 8. The Labute approximate surface area is 572 Å². The van der Waals surface area contributed by atoms with Crippen LogP contribution in [0.2, 0.25) is 0 Å². The molecular formula is C73H91N11O13S. The van der Waals surface area contributed by atoms with Crippen molar-refractivity contribution in [1.82, 2.24) is 29.5 Å². The monoisotopic (exact) mass is 1360 g/mol. The van der Waals surface area contributed by atoms with Gasteiger partial charge in [0.05, 0.1) is 96.1 Å². The molecular weight excluding hydrogens is 1270 g/mol. The highest BCUT2D eigenvalue weighted by Gasteiger charge is 2.53. The minimum Gasteiger partial charge on any atom is -0.491 e. The fourth-order valence-corrected chi connectivity index (χ4v) is 18.6. The number of nitro benzene ring substituents is 1. The molecule has 0 unspecified atom stereocenters. The molecule has 3 aromatic carbocycles. The van der Waals surface area contributed by atoms with Crippen molar-refractivity contribution in [2.45, 2.75) is 164 Å². The number of nitrogens with one attached hydrogen (secondary N) is 3. The molecule has 10 aliphatic rings. The number of H-pyrrole nitrogens is 1. The predicted octanol–water partition coefficient (Wildman–Crippen LogP) is 10.5. The first-order valence-corrected chi connectivity index (χ1v) is 36.9. The van der Waals surface area contributed by atoms with Gasteiger partial charge in [0.25, 0.3) is 21.6 Å². The second-order valence-corrected chi connectivity index (χ2v) is 31.9. The Bertz CT molecular complexity index is 4180. The number of benzene rings is 3. The standard InChI is InChI=1S/C73H91N11O13S/c1-43(2)96-59-11-9-8-10-50(59)57-38-80(58-41-95-72(6,7)66-62(58)63-65(93-30-20-71(63,4)5)68(76-66)81-26-31-92-39-44(81)3)24-25-82(57)48-36-73(37-48)18-22-79(23-19-73)47-12-13-51(54(33-47)83-53-17-29-91-42-61(53)97-70-56(83)32-46-14-21-74-67(46)77-70)69(85)78-98(88,89)49-34-55(84(86)87)64-60(35-49)94-40-52(75-64)45-15-27-90-28-16-45/h8-14,21,32-35,43-45,48,52-53,57-58,61,75H,15-20,22-31,36-42H2,1-7H3,(H,74,77)(H,78,85)/t44-,52-,53-,57-,58+,61-/m0/s1. The molecule has 1 saturated carbocycles. The number of anilines is 5. The molecule has 522 valence electrons. The smallest absolute Gasteiger partial charge is 0.297 e. The van der Waals surface area contributed by atoms with Gasteiger partial charge in [0.15, 0.2) is 23.0 Å². The van der Waals surface area contributed by atoms with Crippen LogP contribution in [0.5, 0.6) is 23.1 Å². The molecule has 6 fully saturated rings. The van der Waals surface area contributed by atoms with Gasteiger partial charge in [-0.1, -0.05) is 32.0 Å². The van der Waals surface area contributed by atoms with E-state index in [1.54, 1.807) is 6.07 Å². The lowest BCUT2D eigenvalue weighted by Crippen LogP contribution is -2.60. The summed E-state index contributed by atoms with van der Waals surface area (Å²) in [4.78, 5) is 52.8. The average molecular weight is 1360 g/mol. The third-order valence-electron chi connectivity index (χ3n) is 23.0. The Kier molecular flexibility index (Phi) is 16.8. The number of carbonyl (C=O) groups excluding carboxylic acids is 1. The highest BCUT2D eigenvalue weighted by molar-refractivity contribution is 7.90. The van der Waals surface area contributed by atoms with E-state index in [0.717, 1.165) is 124 Å². The largest absolute Gasteiger partial charge is 0.491 e. The molecule has 25 heteroatoms. The number of nitro groups is 1. The van der Waals surface area contributed by atoms with Crippen molar-refractivity contribution in [2.75, 3.05) is 119 Å². The number of piperidine rings is 1. The topological polar surface area (TPSA) is 250 Å². The Hall–Kier alpha value is -7.52. The molecule has 6 atom stereocenters. The van der Waals surface area contributed by atoms with E-state index < -0.39 is 43.1 Å². The maximum atomic E-state index is 15.1. The summed E-state index contributed by atoms with van der Waals surface area (Å²) in [5.74, 6) is 2.36. The quantitative estimate of drug-likeness (QED) is 0.0718. The summed E-state index contributed by atoms with van der Waals surface area (Å²) in [6.07, 6.45) is 8.35. The van der Waals surface area contributed by atoms with Crippen LogP contribution in [0.3, 0.4) is 0 Å². The van der Waals surface area contributed by atoms with Gasteiger partial charge in [0.1, 0.15) is 35.4 Å². The summed E-state index contributed by atoms with van der Waals surface area (Å²) in [7, 11) is -4.75. The van der Waals surface area contributed by atoms with Crippen molar-refractivity contribution in [3.63, 3.8) is 0 Å². The lowest BCUT2D eigenvalue weighted by Gasteiger charge is -2.59. The minimum atomic E-state index is -4.75. The van der Waals surface area contributed by atoms with Gasteiger partial charge in [-0.25, -0.2) is 18.1 Å². The highest BCUT2D eigenvalue weighted by Crippen LogP contribution is 2.57. The number of hydrogen-bond acceptors (Lipinski definition) is 21. The summed E-state index contributed by atoms with van der Waals surface area (Å²) in [6.45, 7) is 24.8. The third-order valence-corrected chi connectivity index (χ3v) is 24.3. The van der Waals surface area contributed by atoms with Crippen LogP contribution in [-0.4, -0.2) is 179 Å². The van der Waals surface area contributed by atoms with Gasteiger partial charge >= 0.3 is 0 Å². The fraction of sp³-hybridized carbons (Fsp3) is 0.575. The molecule has 1 spiro atoms. The van der Waals surface area contributed by atoms with Crippen LogP contribution in [0, 0.1) is 21.4 Å². The third kappa shape index (κ3) is 11.7. The fourth-order valence-electron chi connectivity index (χ4n) is 17.6. The number of aromatic amines is 1. The number of nitrogens with zero attached hydrogens (tertiary/aromatic N) is 8. The van der Waals surface area contributed by atoms with E-state index in [0.29, 0.717) is 81.6 Å². The number of amides is 1. The number of morpholine rings is 1. The number of sulfonamides is 1. The number of rotatable bonds is 13. The van der Waals surface area contributed by atoms with Crippen LogP contribution in [0.25, 0.3) is 11.0 Å². The van der Waals surface area contributed by atoms with E-state index in [-0.39, 0.29) is 83.3 Å². The molecule has 9 aliphatic heterocycles. The Morgan fingerprint density at radius 2 is 1.62 bits per heavy atom. The number of para-hydroxylation sites is 1. The number of pyridine rings is 2. The molecule has 5 saturated heterocycles. The van der Waals surface area contributed by atoms with Crippen molar-refractivity contribution < 1.29 is 56.0 Å². The van der Waals surface area contributed by atoms with Gasteiger partial charge in [-0.15, -0.1) is 0 Å². The molecule has 1 aliphatic carbocycles. The first-order valence-electron chi connectivity index (χ1n) is 35.4. The van der Waals surface area contributed by atoms with Crippen molar-refractivity contribution in [1.29, 1.82) is 0 Å². The van der Waals surface area contributed by atoms with Gasteiger partial charge < -0.3 is 62.9 Å². The summed E-state index contributed by atoms with van der Waals surface area (Å²) in [6, 6.07) is 20.3. The molecule has 6 aromatic rings. The van der Waals surface area contributed by atoms with Gasteiger partial charge in [-0.05, 0) is 139 Å². The van der Waals surface area contributed by atoms with Crippen LogP contribution >= 0.6 is 0 Å². The number of aromatic nitrogens is 3. The zero-order chi connectivity index (χ0) is 67.6. The molecule has 0 radical (unpaired) electrons. The SMILES string of the molecule is CC(C)Oc1ccccc1[C@@H]1CN([C@@H]2COC(C)(C)c3nc(N4CCOC[C@@H]4C)c4c(c32)C(C)(C)CCO4)CCN1C1CC2(CCN(c3ccc(C(=O)NS(=O)(=O)c4cc5c(c([N+](=O)[O-])c4)N[C@H](C4CCOCC4)CO5)c(N4c5cc6cc[nH]c6nc5O[C@H]5COCC[C@@H]54)c3)CC2)C1. The summed E-state index contributed by atoms with van der Waals surface area (Å²) < 4.78 is 82.2. The Morgan fingerprint density at radius 1 is 0.827 bits per heavy atom. The van der Waals surface area contributed by atoms with Crippen molar-refractivity contribution in [3.8, 4) is 23.1 Å². The molecule has 1 amide bonds. The van der Waals surface area contributed by atoms with Gasteiger partial charge in [-0.3, -0.25) is 24.7 Å². The second-order valence-electron chi connectivity index (χ2n) is 30.2. The summed E-state index contributed by atoms with van der Waals surface area (Å²) >= 11 is 0. The molecule has 24 nitrogen and oxygen atoms in total. The Morgan fingerprint density at radius 3 is 2.42 bits per heavy atom. The van der Waals surface area contributed by atoms with Crippen molar-refractivity contribution >= 4 is 61.2 Å². The summed E-state index contributed by atoms with van der Waals surface area (Å²) in [5, 5.41) is 16.8. The number of hydrogen-bond donors (Lipinski definition) is 3. The zero-order valence-corrected chi connectivity index (χ0v) is 58.0. The van der Waals surface area contributed by atoms with E-state index in [4.69, 9.17) is 47.9 Å². The number of carbonyl (C=O) groups is 1. The first-order chi connectivity index (χ1) is 47.2. The maximum absolute atomic E-state index is 15.1. The van der Waals surface area contributed by atoms with E-state index >= 15 is 4.79 Å². The van der Waals surface area contributed by atoms with E-state index in [9.17, 15) is 18.5 Å². The van der Waals surface area contributed by atoms with E-state index in [1.165, 1.54) is 22.8 Å². The first kappa shape index (κ1) is 65.1. The second kappa shape index (κ2) is 25.3. The number of piperazine rings is 1. The van der Waals surface area contributed by atoms with Gasteiger partial charge in [0.2, 0.25) is 5.88 Å². The van der Waals surface area contributed by atoms with Crippen molar-refractivity contribution in [2.24, 2.45) is 11.3 Å². The van der Waals surface area contributed by atoms with Crippen molar-refractivity contribution in [3.05, 3.63) is 111 Å². The van der Waals surface area contributed by atoms with Gasteiger partial charge in [0, 0.05) is 111 Å². The average Bonchev–Trinajstić information content (AvgIpc) is 0.775. The highest BCUT2D eigenvalue weighted by atomic mass is 32.2. The van der Waals surface area contributed by atoms with Crippen LogP contribution in [0.15, 0.2) is 77.8 Å². The van der Waals surface area contributed by atoms with Crippen LogP contribution in [-0.2, 0) is 40.0 Å². The molecule has 3 N–H and O–H groups in total. The van der Waals surface area contributed by atoms with E-state index in [1.807, 2.05) is 30.5 Å². The normalized spacial score (nSPS) is 26.8. The summed E-state index contributed by atoms with van der Waals surface area (Å²) in [5.41, 5.74) is 6.40. The van der Waals surface area contributed by atoms with Crippen LogP contribution < -0.4 is 43.7 Å². The Balaban J connectivity index is 0.681. The predicted molar refractivity (Wildman–Crippen MR) is 369 cm³/mol. The minimum absolute atomic E-state index is 0.00861. The molecule has 16 rings (SSSR count). The lowest BCUT2D eigenvalue weighted by atomic mass is 9.59. The molecule has 98 heavy (non-hydrogen) atoms.